The number of amides is 2. The van der Waals surface area contributed by atoms with Crippen LogP contribution in [0.15, 0.2) is 72.1 Å². The largest absolute Gasteiger partial charge is 0.495 e. The van der Waals surface area contributed by atoms with Crippen molar-refractivity contribution in [2.75, 3.05) is 23.5 Å². The molecule has 0 saturated heterocycles. The number of rotatable bonds is 7. The van der Waals surface area contributed by atoms with Crippen molar-refractivity contribution in [1.82, 2.24) is 9.97 Å². The van der Waals surface area contributed by atoms with Gasteiger partial charge in [0.05, 0.1) is 18.6 Å². The second-order valence-electron chi connectivity index (χ2n) is 5.60. The third-order valence-electron chi connectivity index (χ3n) is 3.66. The number of thioether (sulfide) groups is 1. The van der Waals surface area contributed by atoms with E-state index in [-0.39, 0.29) is 17.6 Å². The minimum Gasteiger partial charge on any atom is -0.495 e. The summed E-state index contributed by atoms with van der Waals surface area (Å²) in [6, 6.07) is 15.5. The summed E-state index contributed by atoms with van der Waals surface area (Å²) < 4.78 is 5.23. The van der Waals surface area contributed by atoms with Crippen molar-refractivity contribution in [2.45, 2.75) is 5.16 Å². The van der Waals surface area contributed by atoms with Gasteiger partial charge < -0.3 is 15.4 Å². The molecule has 0 saturated carbocycles. The third kappa shape index (κ3) is 5.31. The van der Waals surface area contributed by atoms with E-state index in [9.17, 15) is 9.59 Å². The fraction of sp³-hybridized carbons (Fsp3) is 0.100. The maximum absolute atomic E-state index is 12.4. The average Bonchev–Trinajstić information content (AvgIpc) is 2.74. The van der Waals surface area contributed by atoms with Gasteiger partial charge in [-0.2, -0.15) is 0 Å². The summed E-state index contributed by atoms with van der Waals surface area (Å²) in [6.45, 7) is 0. The van der Waals surface area contributed by atoms with Crippen LogP contribution in [0.1, 0.15) is 10.4 Å². The Kier molecular flexibility index (Phi) is 6.59. The molecule has 2 N–H and O–H groups in total. The highest BCUT2D eigenvalue weighted by Gasteiger charge is 2.10. The fourth-order valence-electron chi connectivity index (χ4n) is 2.33. The van der Waals surface area contributed by atoms with Gasteiger partial charge in [-0.25, -0.2) is 9.97 Å². The van der Waals surface area contributed by atoms with Crippen LogP contribution >= 0.6 is 11.8 Å². The predicted octanol–water partition coefficient (Wildman–Crippen LogP) is 3.47. The zero-order valence-electron chi connectivity index (χ0n) is 15.1. The molecule has 1 aromatic heterocycles. The van der Waals surface area contributed by atoms with E-state index in [1.165, 1.54) is 11.8 Å². The lowest BCUT2D eigenvalue weighted by atomic mass is 10.2. The molecule has 0 unspecified atom stereocenters. The molecule has 0 aliphatic carbocycles. The van der Waals surface area contributed by atoms with Crippen LogP contribution < -0.4 is 15.4 Å². The number of methoxy groups -OCH3 is 1. The maximum atomic E-state index is 12.4. The van der Waals surface area contributed by atoms with Crippen molar-refractivity contribution < 1.29 is 14.3 Å². The molecule has 0 atom stereocenters. The Labute approximate surface area is 166 Å². The molecule has 2 aromatic carbocycles. The second kappa shape index (κ2) is 9.52. The number of benzene rings is 2. The summed E-state index contributed by atoms with van der Waals surface area (Å²) in [6.07, 6.45) is 3.25. The van der Waals surface area contributed by atoms with Gasteiger partial charge in [-0.15, -0.1) is 0 Å². The van der Waals surface area contributed by atoms with Gasteiger partial charge >= 0.3 is 0 Å². The fourth-order valence-corrected chi connectivity index (χ4v) is 2.94. The summed E-state index contributed by atoms with van der Waals surface area (Å²) in [5.41, 5.74) is 1.66. The van der Waals surface area contributed by atoms with Gasteiger partial charge in [-0.1, -0.05) is 23.9 Å². The Morgan fingerprint density at radius 3 is 2.39 bits per heavy atom. The second-order valence-corrected chi connectivity index (χ2v) is 6.54. The summed E-state index contributed by atoms with van der Waals surface area (Å²) in [5, 5.41) is 6.13. The van der Waals surface area contributed by atoms with E-state index in [4.69, 9.17) is 4.74 Å². The van der Waals surface area contributed by atoms with Crippen LogP contribution in [0.2, 0.25) is 0 Å². The average molecular weight is 394 g/mol. The lowest BCUT2D eigenvalue weighted by Gasteiger charge is -2.10. The third-order valence-corrected chi connectivity index (χ3v) is 4.54. The number of hydrogen-bond donors (Lipinski definition) is 2. The smallest absolute Gasteiger partial charge is 0.255 e. The molecule has 28 heavy (non-hydrogen) atoms. The number of carbonyl (C=O) groups is 2. The molecule has 1 heterocycles. The number of hydrogen-bond acceptors (Lipinski definition) is 6. The zero-order chi connectivity index (χ0) is 19.8. The van der Waals surface area contributed by atoms with E-state index in [0.29, 0.717) is 27.8 Å². The van der Waals surface area contributed by atoms with Gasteiger partial charge in [0, 0.05) is 23.6 Å². The van der Waals surface area contributed by atoms with Gasteiger partial charge in [0.25, 0.3) is 5.91 Å². The van der Waals surface area contributed by atoms with Crippen LogP contribution in [0.5, 0.6) is 5.75 Å². The van der Waals surface area contributed by atoms with Gasteiger partial charge in [0.1, 0.15) is 5.75 Å². The molecule has 0 spiro atoms. The van der Waals surface area contributed by atoms with Crippen LogP contribution in [0.25, 0.3) is 0 Å². The summed E-state index contributed by atoms with van der Waals surface area (Å²) in [5.74, 6) is 0.336. The first kappa shape index (κ1) is 19.4. The van der Waals surface area contributed by atoms with E-state index < -0.39 is 0 Å². The first-order valence-electron chi connectivity index (χ1n) is 8.40. The van der Waals surface area contributed by atoms with Crippen molar-refractivity contribution in [3.63, 3.8) is 0 Å². The van der Waals surface area contributed by atoms with Gasteiger partial charge in [0.2, 0.25) is 5.91 Å². The Hall–Kier alpha value is -3.39. The van der Waals surface area contributed by atoms with E-state index in [1.54, 1.807) is 62.0 Å². The van der Waals surface area contributed by atoms with Gasteiger partial charge in [-0.05, 0) is 42.5 Å². The Morgan fingerprint density at radius 2 is 1.68 bits per heavy atom. The Balaban J connectivity index is 1.55. The Morgan fingerprint density at radius 1 is 0.964 bits per heavy atom. The van der Waals surface area contributed by atoms with Crippen LogP contribution in [0.3, 0.4) is 0 Å². The normalized spacial score (nSPS) is 10.2. The molecule has 8 heteroatoms. The maximum Gasteiger partial charge on any atom is 0.255 e. The first-order chi connectivity index (χ1) is 13.7. The molecule has 0 fully saturated rings. The van der Waals surface area contributed by atoms with Crippen molar-refractivity contribution in [1.29, 1.82) is 0 Å². The van der Waals surface area contributed by atoms with Crippen LogP contribution in [0, 0.1) is 0 Å². The van der Waals surface area contributed by atoms with E-state index in [1.807, 2.05) is 12.1 Å². The Bertz CT molecular complexity index is 949. The highest BCUT2D eigenvalue weighted by molar-refractivity contribution is 7.99. The highest BCUT2D eigenvalue weighted by Crippen LogP contribution is 2.24. The molecule has 0 aliphatic heterocycles. The minimum absolute atomic E-state index is 0.177. The zero-order valence-corrected chi connectivity index (χ0v) is 15.9. The monoisotopic (exact) mass is 394 g/mol. The highest BCUT2D eigenvalue weighted by atomic mass is 32.2. The van der Waals surface area contributed by atoms with Crippen molar-refractivity contribution >= 4 is 35.0 Å². The predicted molar refractivity (Wildman–Crippen MR) is 109 cm³/mol. The number of nitrogens with zero attached hydrogens (tertiary/aromatic N) is 2. The molecular formula is C20H18N4O3S. The molecule has 3 rings (SSSR count). The van der Waals surface area contributed by atoms with E-state index >= 15 is 0 Å². The topological polar surface area (TPSA) is 93.2 Å². The molecule has 3 aromatic rings. The molecule has 0 aliphatic rings. The number of nitrogens with one attached hydrogen (secondary N) is 2. The van der Waals surface area contributed by atoms with Crippen molar-refractivity contribution in [3.05, 3.63) is 72.6 Å². The molecule has 0 bridgehead atoms. The lowest BCUT2D eigenvalue weighted by molar-refractivity contribution is -0.113. The van der Waals surface area contributed by atoms with E-state index in [0.717, 1.165) is 0 Å². The van der Waals surface area contributed by atoms with Crippen molar-refractivity contribution in [3.8, 4) is 5.75 Å². The first-order valence-corrected chi connectivity index (χ1v) is 9.38. The quantitative estimate of drug-likeness (QED) is 0.471. The summed E-state index contributed by atoms with van der Waals surface area (Å²) >= 11 is 1.25. The lowest BCUT2D eigenvalue weighted by Crippen LogP contribution is -2.15. The summed E-state index contributed by atoms with van der Waals surface area (Å²) in [4.78, 5) is 32.5. The number of ether oxygens (including phenoxy) is 1. The molecular weight excluding hydrogens is 376 g/mol. The number of carbonyl (C=O) groups excluding carboxylic acids is 2. The van der Waals surface area contributed by atoms with Crippen LogP contribution in [0.4, 0.5) is 11.4 Å². The number of para-hydroxylation sites is 2. The molecule has 7 nitrogen and oxygen atoms in total. The summed E-state index contributed by atoms with van der Waals surface area (Å²) in [7, 11) is 1.55. The number of aromatic nitrogens is 2. The molecule has 0 radical (unpaired) electrons. The minimum atomic E-state index is -0.265. The standard InChI is InChI=1S/C20H18N4O3S/c1-27-17-6-3-2-5-16(17)24-19(26)14-7-9-15(10-8-14)23-18(25)13-28-20-21-11-4-12-22-20/h2-12H,13H2,1H3,(H,23,25)(H,24,26). The van der Waals surface area contributed by atoms with Crippen LogP contribution in [-0.4, -0.2) is 34.6 Å². The number of anilines is 2. The molecule has 2 amide bonds. The van der Waals surface area contributed by atoms with Crippen LogP contribution in [-0.2, 0) is 4.79 Å². The molecule has 142 valence electrons. The van der Waals surface area contributed by atoms with Crippen molar-refractivity contribution in [2.24, 2.45) is 0 Å². The van der Waals surface area contributed by atoms with Gasteiger partial charge in [0.15, 0.2) is 5.16 Å². The van der Waals surface area contributed by atoms with E-state index in [2.05, 4.69) is 20.6 Å². The SMILES string of the molecule is COc1ccccc1NC(=O)c1ccc(NC(=O)CSc2ncccn2)cc1. The van der Waals surface area contributed by atoms with Gasteiger partial charge in [-0.3, -0.25) is 9.59 Å².